The normalized spacial score (nSPS) is 21.8. The van der Waals surface area contributed by atoms with Gasteiger partial charge in [0.1, 0.15) is 43.8 Å². The number of phosphoric ester groups is 1. The number of nitrogen functional groups attached to an aromatic ring is 1. The quantitative estimate of drug-likeness (QED) is 0.0130. The summed E-state index contributed by atoms with van der Waals surface area (Å²) in [5, 5.41) is 15.8. The number of ether oxygens (including phenoxy) is 5. The number of azide groups is 2. The van der Waals surface area contributed by atoms with E-state index in [1.807, 2.05) is 11.8 Å². The monoisotopic (exact) mass is 1150 g/mol. The molecule has 1 aromatic carbocycles. The van der Waals surface area contributed by atoms with Gasteiger partial charge < -0.3 is 64.9 Å². The Hall–Kier alpha value is -5.44. The summed E-state index contributed by atoms with van der Waals surface area (Å²) in [7, 11) is -17.1. The zero-order chi connectivity index (χ0) is 55.3. The summed E-state index contributed by atoms with van der Waals surface area (Å²) in [4.78, 5) is 108. The number of fused-ring (bicyclic) bond motifs is 1. The van der Waals surface area contributed by atoms with Crippen molar-refractivity contribution >= 4 is 64.6 Å². The van der Waals surface area contributed by atoms with Crippen molar-refractivity contribution in [2.45, 2.75) is 87.3 Å². The molecule has 5 rings (SSSR count). The van der Waals surface area contributed by atoms with E-state index in [0.717, 1.165) is 29.6 Å². The molecule has 2 aromatic rings. The van der Waals surface area contributed by atoms with Gasteiger partial charge in [0.05, 0.1) is 31.5 Å². The van der Waals surface area contributed by atoms with E-state index in [1.165, 1.54) is 12.3 Å². The number of rotatable bonds is 32. The number of hydrogen-bond donors (Lipinski definition) is 8. The first-order valence-corrected chi connectivity index (χ1v) is 28.6. The van der Waals surface area contributed by atoms with Crippen LogP contribution in [0.5, 0.6) is 5.75 Å². The van der Waals surface area contributed by atoms with Crippen LogP contribution in [0.1, 0.15) is 73.5 Å². The second-order valence-corrected chi connectivity index (χ2v) is 22.3. The molecule has 9 N–H and O–H groups in total. The number of carbonyl (C=O) groups is 4. The maximum Gasteiger partial charge on any atom is 0.490 e. The number of carbonyl (C=O) groups excluding carboxylic acids is 4. The van der Waals surface area contributed by atoms with Gasteiger partial charge in [-0.2, -0.15) is 25.4 Å². The number of aromatic nitrogens is 2. The zero-order valence-electron chi connectivity index (χ0n) is 40.2. The highest BCUT2D eigenvalue weighted by molar-refractivity contribution is 8.00. The number of phosphoric acid groups is 3. The van der Waals surface area contributed by atoms with Gasteiger partial charge in [-0.15, -0.1) is 0 Å². The van der Waals surface area contributed by atoms with E-state index in [9.17, 15) is 47.5 Å². The van der Waals surface area contributed by atoms with Crippen molar-refractivity contribution < 1.29 is 89.3 Å². The summed E-state index contributed by atoms with van der Waals surface area (Å²) in [5.74, 6) is 6.03. The minimum atomic E-state index is -5.83. The molecule has 3 aliphatic heterocycles. The molecule has 3 saturated heterocycles. The minimum absolute atomic E-state index is 0.0126. The number of benzene rings is 1. The molecule has 0 radical (unpaired) electrons. The Kier molecular flexibility index (Phi) is 24.2. The Balaban J connectivity index is 0.978. The number of amides is 3. The average Bonchev–Trinajstić information content (AvgIpc) is 4.05. The number of nitrogens with one attached hydrogen (secondary N) is 3. The number of nitrogens with zero attached hydrogens (tertiary/aromatic N) is 8. The fraction of sp³-hybridized carbons (Fsp3) is 0.600. The van der Waals surface area contributed by atoms with Crippen LogP contribution >= 0.6 is 35.2 Å². The average molecular weight is 1150 g/mol. The van der Waals surface area contributed by atoms with E-state index in [2.05, 4.69) is 66.0 Å². The van der Waals surface area contributed by atoms with Crippen LogP contribution in [0.25, 0.3) is 20.9 Å². The Morgan fingerprint density at radius 1 is 1.05 bits per heavy atom. The lowest BCUT2D eigenvalue weighted by Gasteiger charge is -2.21. The molecule has 4 unspecified atom stereocenters. The molecule has 0 bridgehead atoms. The Morgan fingerprint density at radius 2 is 1.84 bits per heavy atom. The third-order valence-electron chi connectivity index (χ3n) is 11.0. The molecule has 0 saturated carbocycles. The van der Waals surface area contributed by atoms with Crippen molar-refractivity contribution in [3.63, 3.8) is 0 Å². The first kappa shape index (κ1) is 61.4. The molecule has 3 fully saturated rings. The van der Waals surface area contributed by atoms with E-state index < -0.39 is 73.1 Å². The Bertz CT molecular complexity index is 2750. The maximum atomic E-state index is 12.9. The molecule has 0 aliphatic carbocycles. The Labute approximate surface area is 436 Å². The second kappa shape index (κ2) is 29.9. The van der Waals surface area contributed by atoms with Crippen molar-refractivity contribution in [1.82, 2.24) is 25.5 Å². The number of ketones is 1. The Morgan fingerprint density at radius 3 is 2.61 bits per heavy atom. The van der Waals surface area contributed by atoms with Crippen molar-refractivity contribution in [3.8, 4) is 17.6 Å². The fourth-order valence-electron chi connectivity index (χ4n) is 7.67. The van der Waals surface area contributed by atoms with Gasteiger partial charge in [-0.1, -0.05) is 34.6 Å². The molecule has 32 nitrogen and oxygen atoms in total. The third kappa shape index (κ3) is 21.2. The van der Waals surface area contributed by atoms with Crippen LogP contribution < -0.4 is 32.1 Å². The lowest BCUT2D eigenvalue weighted by atomic mass is 9.94. The highest BCUT2D eigenvalue weighted by Crippen LogP contribution is 2.66. The highest BCUT2D eigenvalue weighted by Gasteiger charge is 2.44. The van der Waals surface area contributed by atoms with E-state index in [4.69, 9.17) is 50.3 Å². The van der Waals surface area contributed by atoms with Crippen molar-refractivity contribution in [2.75, 3.05) is 64.3 Å². The van der Waals surface area contributed by atoms with E-state index in [0.29, 0.717) is 24.0 Å². The summed E-state index contributed by atoms with van der Waals surface area (Å²) in [5.41, 5.74) is 23.0. The lowest BCUT2D eigenvalue weighted by molar-refractivity contribution is -0.124. The smallest absolute Gasteiger partial charge is 0.490 e. The SMILES string of the molecule is [N-]=[N+]=NCOC1C[C@H](n2cc(C#CCCC(=O)COCCOC(COc3cccc(C(=O)NCCNC(=O)CCCC[C@H]4SC[C@H]5NC(=O)C[C@H]54)c3)N=[N+]=[N-])c(N)nc2=O)O[C@@H]1COP(=O)(O)OP(=O)(O)OP(=O)(O)O. The molecule has 4 heterocycles. The van der Waals surface area contributed by atoms with Crippen molar-refractivity contribution in [3.05, 3.63) is 73.0 Å². The van der Waals surface area contributed by atoms with Gasteiger partial charge in [0, 0.05) is 89.7 Å². The molecule has 0 spiro atoms. The number of Topliss-reactive ketones (excluding diaryl/α,β-unsaturated/α-hetero) is 1. The maximum absolute atomic E-state index is 12.9. The van der Waals surface area contributed by atoms with Crippen LogP contribution in [0.4, 0.5) is 5.82 Å². The van der Waals surface area contributed by atoms with Crippen LogP contribution in [-0.2, 0) is 60.2 Å². The fourth-order valence-corrected chi connectivity index (χ4v) is 12.3. The minimum Gasteiger partial charge on any atom is -0.491 e. The summed E-state index contributed by atoms with van der Waals surface area (Å²) >= 11 is 1.89. The van der Waals surface area contributed by atoms with Gasteiger partial charge in [0.25, 0.3) is 5.91 Å². The summed E-state index contributed by atoms with van der Waals surface area (Å²) in [6.45, 7) is -1.81. The summed E-state index contributed by atoms with van der Waals surface area (Å²) in [6.07, 6.45) is -0.391. The van der Waals surface area contributed by atoms with Gasteiger partial charge in [-0.25, -0.2) is 18.5 Å². The standard InChI is InChI=1S/C40H55N12O20P3S/c41-38-26(19-52(40(57)48-38)37-18-31(68-24-46-50-42)32(70-37)21-69-74(61,62)72-75(63,64)71-73(58,59)60)6-1-2-8-27(53)20-65-14-15-66-36(49-51-43)22-67-28-9-5-7-25(16-28)39(56)45-13-12-44-34(54)11-4-3-10-33-29-17-35(55)47-30(29)23-76-33/h5,7,9,16,19,29-33,36-37H,2-4,8,10-15,17-18,20-24H2,(H,44,54)(H,45,56)(H,47,55)(H,61,62)(H,63,64)(H2,41,48,57)(H2,58,59,60)/t29-,30-,31?,32-,33-,36?,37-/m1/s1. The number of nitrogens with two attached hydrogens (primary N) is 1. The topological polar surface area (TPSA) is 469 Å². The molecule has 3 amide bonds. The third-order valence-corrected chi connectivity index (χ3v) is 16.4. The molecule has 3 aliphatic rings. The van der Waals surface area contributed by atoms with Crippen LogP contribution in [0.2, 0.25) is 0 Å². The lowest BCUT2D eigenvalue weighted by Crippen LogP contribution is -2.34. The summed E-state index contributed by atoms with van der Waals surface area (Å²) < 4.78 is 75.7. The molecule has 416 valence electrons. The molecule has 76 heavy (non-hydrogen) atoms. The largest absolute Gasteiger partial charge is 0.491 e. The molecule has 36 heteroatoms. The van der Waals surface area contributed by atoms with Crippen molar-refractivity contribution in [2.24, 2.45) is 16.1 Å². The van der Waals surface area contributed by atoms with Crippen LogP contribution in [-0.4, -0.2) is 141 Å². The van der Waals surface area contributed by atoms with Crippen LogP contribution in [0, 0.1) is 17.8 Å². The van der Waals surface area contributed by atoms with Gasteiger partial charge in [-0.05, 0) is 42.1 Å². The van der Waals surface area contributed by atoms with Crippen molar-refractivity contribution in [1.29, 1.82) is 0 Å². The van der Waals surface area contributed by atoms with E-state index >= 15 is 0 Å². The van der Waals surface area contributed by atoms with Gasteiger partial charge >= 0.3 is 29.2 Å². The van der Waals surface area contributed by atoms with Gasteiger partial charge in [-0.3, -0.25) is 28.3 Å². The predicted molar refractivity (Wildman–Crippen MR) is 263 cm³/mol. The molecule has 1 aromatic heterocycles. The van der Waals surface area contributed by atoms with E-state index in [1.54, 1.807) is 18.2 Å². The highest BCUT2D eigenvalue weighted by atomic mass is 32.2. The van der Waals surface area contributed by atoms with Gasteiger partial charge in [0.15, 0.2) is 12.0 Å². The number of hydrogen-bond acceptors (Lipinski definition) is 21. The summed E-state index contributed by atoms with van der Waals surface area (Å²) in [6, 6.07) is 6.52. The zero-order valence-corrected chi connectivity index (χ0v) is 43.7. The van der Waals surface area contributed by atoms with E-state index in [-0.39, 0.29) is 105 Å². The number of unbranched alkanes of at least 4 members (excludes halogenated alkanes) is 1. The first-order chi connectivity index (χ1) is 36.1. The molecular weight excluding hydrogens is 1090 g/mol. The number of thioether (sulfide) groups is 1. The van der Waals surface area contributed by atoms with Gasteiger partial charge in [0.2, 0.25) is 11.8 Å². The first-order valence-electron chi connectivity index (χ1n) is 23.0. The number of anilines is 1. The molecule has 9 atom stereocenters. The van der Waals surface area contributed by atoms with Crippen LogP contribution in [0.15, 0.2) is 45.5 Å². The second-order valence-electron chi connectivity index (χ2n) is 16.6. The molecular formula is C40H55N12O20P3S. The predicted octanol–water partition coefficient (Wildman–Crippen LogP) is 2.59. The van der Waals surface area contributed by atoms with Crippen LogP contribution in [0.3, 0.4) is 0 Å².